The molecule has 4 nitrogen and oxygen atoms in total. The summed E-state index contributed by atoms with van der Waals surface area (Å²) in [6.45, 7) is 1.68. The first-order chi connectivity index (χ1) is 6.16. The van der Waals surface area contributed by atoms with E-state index in [1.165, 1.54) is 6.08 Å². The first-order valence-electron chi connectivity index (χ1n) is 3.64. The molecule has 1 aromatic carbocycles. The number of carbonyl (C=O) groups excluding carboxylic acids is 2. The number of benzene rings is 1. The Labute approximate surface area is 75.1 Å². The highest BCUT2D eigenvalue weighted by atomic mass is 16.1. The van der Waals surface area contributed by atoms with E-state index in [4.69, 9.17) is 5.73 Å². The Balaban J connectivity index is 3.34. The van der Waals surface area contributed by atoms with E-state index < -0.39 is 5.91 Å². The van der Waals surface area contributed by atoms with Gasteiger partial charge in [0.25, 0.3) is 0 Å². The van der Waals surface area contributed by atoms with E-state index in [9.17, 15) is 9.59 Å². The number of hydrogen-bond acceptors (Lipinski definition) is 3. The van der Waals surface area contributed by atoms with Gasteiger partial charge in [0.1, 0.15) is 0 Å². The second-order valence-corrected chi connectivity index (χ2v) is 2.52. The average molecular weight is 176 g/mol. The van der Waals surface area contributed by atoms with Gasteiger partial charge in [-0.1, -0.05) is 6.07 Å². The Hall–Kier alpha value is -1.93. The molecule has 2 N–H and O–H groups in total. The lowest BCUT2D eigenvalue weighted by molar-refractivity contribution is 0.0999. The Bertz CT molecular complexity index is 372. The van der Waals surface area contributed by atoms with E-state index in [2.05, 4.69) is 4.99 Å². The zero-order valence-electron chi connectivity index (χ0n) is 7.07. The summed E-state index contributed by atoms with van der Waals surface area (Å²) in [6.07, 6.45) is 1.41. The maximum absolute atomic E-state index is 10.9. The van der Waals surface area contributed by atoms with Crippen molar-refractivity contribution in [1.82, 2.24) is 0 Å². The summed E-state index contributed by atoms with van der Waals surface area (Å²) in [6, 6.07) is 4.82. The Morgan fingerprint density at radius 2 is 2.23 bits per heavy atom. The standard InChI is InChI=1S/C9H8N2O2/c1-6-7(9(10)13)3-2-4-8(6)11-5-12/h2-4H,1H3,(H2,10,13). The van der Waals surface area contributed by atoms with E-state index in [0.29, 0.717) is 16.8 Å². The lowest BCUT2D eigenvalue weighted by atomic mass is 10.1. The molecule has 0 heterocycles. The van der Waals surface area contributed by atoms with Gasteiger partial charge in [-0.25, -0.2) is 4.79 Å². The summed E-state index contributed by atoms with van der Waals surface area (Å²) in [5.74, 6) is -0.527. The van der Waals surface area contributed by atoms with Crippen LogP contribution >= 0.6 is 0 Å². The van der Waals surface area contributed by atoms with Crippen molar-refractivity contribution in [3.05, 3.63) is 29.3 Å². The smallest absolute Gasteiger partial charge is 0.249 e. The Morgan fingerprint density at radius 1 is 1.54 bits per heavy atom. The van der Waals surface area contributed by atoms with E-state index in [-0.39, 0.29) is 0 Å². The van der Waals surface area contributed by atoms with Crippen LogP contribution in [0.3, 0.4) is 0 Å². The van der Waals surface area contributed by atoms with Crippen molar-refractivity contribution in [3.8, 4) is 0 Å². The topological polar surface area (TPSA) is 72.5 Å². The Morgan fingerprint density at radius 3 is 2.77 bits per heavy atom. The predicted molar refractivity (Wildman–Crippen MR) is 47.5 cm³/mol. The molecule has 0 fully saturated rings. The molecule has 0 saturated heterocycles. The molecule has 0 aromatic heterocycles. The molecule has 1 amide bonds. The molecule has 13 heavy (non-hydrogen) atoms. The third-order valence-electron chi connectivity index (χ3n) is 1.74. The summed E-state index contributed by atoms with van der Waals surface area (Å²) < 4.78 is 0. The lowest BCUT2D eigenvalue weighted by Gasteiger charge is -2.02. The monoisotopic (exact) mass is 176 g/mol. The molecule has 0 aliphatic carbocycles. The van der Waals surface area contributed by atoms with Crippen molar-refractivity contribution in [2.24, 2.45) is 10.7 Å². The first-order valence-corrected chi connectivity index (χ1v) is 3.64. The highest BCUT2D eigenvalue weighted by molar-refractivity contribution is 5.95. The first kappa shape index (κ1) is 9.16. The summed E-state index contributed by atoms with van der Waals surface area (Å²) in [5, 5.41) is 0. The van der Waals surface area contributed by atoms with Gasteiger partial charge in [0.15, 0.2) is 0 Å². The van der Waals surface area contributed by atoms with Gasteiger partial charge in [-0.15, -0.1) is 0 Å². The quantitative estimate of drug-likeness (QED) is 0.540. The number of nitrogens with two attached hydrogens (primary N) is 1. The summed E-state index contributed by atoms with van der Waals surface area (Å²) >= 11 is 0. The zero-order valence-corrected chi connectivity index (χ0v) is 7.07. The molecule has 0 saturated carbocycles. The fourth-order valence-electron chi connectivity index (χ4n) is 1.06. The van der Waals surface area contributed by atoms with E-state index in [0.717, 1.165) is 0 Å². The van der Waals surface area contributed by atoms with Crippen LogP contribution in [0.5, 0.6) is 0 Å². The van der Waals surface area contributed by atoms with E-state index >= 15 is 0 Å². The normalized spacial score (nSPS) is 9.00. The molecule has 0 spiro atoms. The molecule has 0 atom stereocenters. The van der Waals surface area contributed by atoms with E-state index in [1.807, 2.05) is 0 Å². The number of carbonyl (C=O) groups is 1. The second-order valence-electron chi connectivity index (χ2n) is 2.52. The largest absolute Gasteiger partial charge is 0.366 e. The highest BCUT2D eigenvalue weighted by Gasteiger charge is 2.06. The fourth-order valence-corrected chi connectivity index (χ4v) is 1.06. The Kier molecular flexibility index (Phi) is 2.57. The van der Waals surface area contributed by atoms with Crippen LogP contribution in [0.2, 0.25) is 0 Å². The van der Waals surface area contributed by atoms with Gasteiger partial charge in [0.05, 0.1) is 5.69 Å². The maximum Gasteiger partial charge on any atom is 0.249 e. The van der Waals surface area contributed by atoms with Crippen molar-refractivity contribution in [3.63, 3.8) is 0 Å². The second kappa shape index (κ2) is 3.65. The number of nitrogens with zero attached hydrogens (tertiary/aromatic N) is 1. The molecular weight excluding hydrogens is 168 g/mol. The third-order valence-corrected chi connectivity index (χ3v) is 1.74. The highest BCUT2D eigenvalue weighted by Crippen LogP contribution is 2.20. The van der Waals surface area contributed by atoms with Gasteiger partial charge >= 0.3 is 0 Å². The van der Waals surface area contributed by atoms with Crippen LogP contribution in [0.1, 0.15) is 15.9 Å². The number of primary amides is 1. The third kappa shape index (κ3) is 1.80. The van der Waals surface area contributed by atoms with Gasteiger partial charge < -0.3 is 5.73 Å². The van der Waals surface area contributed by atoms with Crippen LogP contribution < -0.4 is 5.73 Å². The van der Waals surface area contributed by atoms with Crippen molar-refractivity contribution < 1.29 is 9.59 Å². The fraction of sp³-hybridized carbons (Fsp3) is 0.111. The SMILES string of the molecule is Cc1c(N=C=O)cccc1C(N)=O. The zero-order chi connectivity index (χ0) is 9.84. The van der Waals surface area contributed by atoms with Crippen molar-refractivity contribution >= 4 is 17.7 Å². The van der Waals surface area contributed by atoms with Crippen LogP contribution in [-0.2, 0) is 4.79 Å². The van der Waals surface area contributed by atoms with Gasteiger partial charge in [0.2, 0.25) is 12.0 Å². The number of hydrogen-bond donors (Lipinski definition) is 1. The molecule has 4 heteroatoms. The van der Waals surface area contributed by atoms with Gasteiger partial charge in [-0.2, -0.15) is 4.99 Å². The predicted octanol–water partition coefficient (Wildman–Crippen LogP) is 1.06. The number of aliphatic imine (C=N–C) groups is 1. The molecule has 0 aliphatic rings. The molecular formula is C9H8N2O2. The van der Waals surface area contributed by atoms with Crippen LogP contribution in [-0.4, -0.2) is 12.0 Å². The van der Waals surface area contributed by atoms with Crippen molar-refractivity contribution in [2.75, 3.05) is 0 Å². The van der Waals surface area contributed by atoms with Gasteiger partial charge in [0, 0.05) is 5.56 Å². The molecule has 1 aromatic rings. The maximum atomic E-state index is 10.9. The van der Waals surface area contributed by atoms with Crippen LogP contribution in [0.15, 0.2) is 23.2 Å². The summed E-state index contributed by atoms with van der Waals surface area (Å²) in [5.41, 5.74) is 6.49. The minimum Gasteiger partial charge on any atom is -0.366 e. The molecule has 0 unspecified atom stereocenters. The minimum atomic E-state index is -0.527. The summed E-state index contributed by atoms with van der Waals surface area (Å²) in [4.78, 5) is 24.3. The van der Waals surface area contributed by atoms with Crippen LogP contribution in [0.4, 0.5) is 5.69 Å². The number of amides is 1. The minimum absolute atomic E-state index is 0.372. The lowest BCUT2D eigenvalue weighted by Crippen LogP contribution is -2.12. The van der Waals surface area contributed by atoms with Crippen LogP contribution in [0.25, 0.3) is 0 Å². The summed E-state index contributed by atoms with van der Waals surface area (Å²) in [7, 11) is 0. The van der Waals surface area contributed by atoms with Gasteiger partial charge in [-0.3, -0.25) is 4.79 Å². The molecule has 1 rings (SSSR count). The average Bonchev–Trinajstić information content (AvgIpc) is 2.08. The molecule has 0 bridgehead atoms. The number of isocyanates is 1. The molecule has 0 aliphatic heterocycles. The van der Waals surface area contributed by atoms with Crippen molar-refractivity contribution in [1.29, 1.82) is 0 Å². The molecule has 0 radical (unpaired) electrons. The number of rotatable bonds is 2. The van der Waals surface area contributed by atoms with Crippen LogP contribution in [0, 0.1) is 6.92 Å². The van der Waals surface area contributed by atoms with Crippen molar-refractivity contribution in [2.45, 2.75) is 6.92 Å². The van der Waals surface area contributed by atoms with Gasteiger partial charge in [-0.05, 0) is 24.6 Å². The van der Waals surface area contributed by atoms with E-state index in [1.54, 1.807) is 25.1 Å². The molecule has 66 valence electrons.